The molecule has 0 aromatic carbocycles. The molecule has 0 fully saturated rings. The topological polar surface area (TPSA) is 12.0 Å². The Hall–Kier alpha value is 0.130. The number of aryl methyl sites for hydroxylation is 1. The molecule has 2 aromatic heterocycles. The summed E-state index contributed by atoms with van der Waals surface area (Å²) in [5.41, 5.74) is 0. The Bertz CT molecular complexity index is 487. The normalized spacial score (nSPS) is 12.9. The number of nitrogens with one attached hydrogen (secondary N) is 1. The first kappa shape index (κ1) is 13.6. The van der Waals surface area contributed by atoms with E-state index in [0.717, 1.165) is 11.6 Å². The Labute approximate surface area is 123 Å². The fourth-order valence-corrected chi connectivity index (χ4v) is 4.64. The van der Waals surface area contributed by atoms with E-state index in [-0.39, 0.29) is 6.04 Å². The molecule has 1 nitrogen and oxygen atoms in total. The quantitative estimate of drug-likeness (QED) is 0.796. The molecule has 0 aliphatic carbocycles. The van der Waals surface area contributed by atoms with E-state index in [1.165, 1.54) is 19.1 Å². The van der Waals surface area contributed by atoms with Crippen molar-refractivity contribution in [3.05, 3.63) is 41.6 Å². The van der Waals surface area contributed by atoms with Gasteiger partial charge in [0.25, 0.3) is 0 Å². The molecule has 1 N–H and O–H groups in total. The van der Waals surface area contributed by atoms with Crippen LogP contribution in [0, 0.1) is 6.92 Å². The number of hydrogen-bond acceptors (Lipinski definition) is 3. The number of rotatable bonds is 4. The minimum Gasteiger partial charge on any atom is -0.305 e. The highest BCUT2D eigenvalue weighted by Gasteiger charge is 2.20. The van der Waals surface area contributed by atoms with Gasteiger partial charge in [-0.1, -0.05) is 18.5 Å². The second-order valence-electron chi connectivity index (χ2n) is 3.68. The van der Waals surface area contributed by atoms with Gasteiger partial charge in [0.05, 0.1) is 11.1 Å². The van der Waals surface area contributed by atoms with E-state index in [0.29, 0.717) is 0 Å². The second kappa shape index (κ2) is 5.85. The summed E-state index contributed by atoms with van der Waals surface area (Å²) in [6, 6.07) is 4.35. The van der Waals surface area contributed by atoms with Crippen LogP contribution in [0.4, 0.5) is 0 Å². The molecule has 0 bridgehead atoms. The summed E-state index contributed by atoms with van der Waals surface area (Å²) in [6.07, 6.45) is 0. The largest absolute Gasteiger partial charge is 0.305 e. The minimum atomic E-state index is 0.211. The highest BCUT2D eigenvalue weighted by Crippen LogP contribution is 2.38. The average molecular weight is 351 g/mol. The zero-order valence-electron chi connectivity index (χ0n) is 9.59. The van der Waals surface area contributed by atoms with Gasteiger partial charge in [-0.15, -0.1) is 22.7 Å². The molecule has 1 unspecified atom stereocenters. The summed E-state index contributed by atoms with van der Waals surface area (Å²) in [5.74, 6) is 0. The Balaban J connectivity index is 2.39. The number of halogens is 2. The van der Waals surface area contributed by atoms with Gasteiger partial charge in [0, 0.05) is 19.1 Å². The van der Waals surface area contributed by atoms with Gasteiger partial charge in [0.2, 0.25) is 0 Å². The van der Waals surface area contributed by atoms with Crippen molar-refractivity contribution in [2.24, 2.45) is 0 Å². The third kappa shape index (κ3) is 2.93. The van der Waals surface area contributed by atoms with Crippen molar-refractivity contribution in [1.82, 2.24) is 5.32 Å². The van der Waals surface area contributed by atoms with Crippen LogP contribution < -0.4 is 5.32 Å². The van der Waals surface area contributed by atoms with Gasteiger partial charge in [-0.2, -0.15) is 0 Å². The van der Waals surface area contributed by atoms with Crippen LogP contribution in [0.3, 0.4) is 0 Å². The lowest BCUT2D eigenvalue weighted by atomic mass is 10.2. The summed E-state index contributed by atoms with van der Waals surface area (Å²) in [4.78, 5) is 3.80. The molecule has 0 saturated heterocycles. The first-order valence-electron chi connectivity index (χ1n) is 5.35. The van der Waals surface area contributed by atoms with Crippen LogP contribution in [-0.4, -0.2) is 6.54 Å². The van der Waals surface area contributed by atoms with Crippen LogP contribution in [0.15, 0.2) is 22.0 Å². The first-order chi connectivity index (χ1) is 8.13. The van der Waals surface area contributed by atoms with Crippen molar-refractivity contribution in [1.29, 1.82) is 0 Å². The molecule has 0 aliphatic rings. The lowest BCUT2D eigenvalue weighted by Gasteiger charge is -2.15. The van der Waals surface area contributed by atoms with Crippen LogP contribution in [0.2, 0.25) is 5.02 Å². The molecular formula is C12H13BrClNS2. The van der Waals surface area contributed by atoms with Crippen molar-refractivity contribution in [3.63, 3.8) is 0 Å². The van der Waals surface area contributed by atoms with Gasteiger partial charge in [-0.3, -0.25) is 0 Å². The van der Waals surface area contributed by atoms with Crippen molar-refractivity contribution >= 4 is 50.2 Å². The molecule has 0 aliphatic heterocycles. The maximum Gasteiger partial charge on any atom is 0.0780 e. The Morgan fingerprint density at radius 1 is 1.53 bits per heavy atom. The molecule has 2 heterocycles. The van der Waals surface area contributed by atoms with Crippen LogP contribution in [0.1, 0.15) is 27.6 Å². The molecule has 92 valence electrons. The summed E-state index contributed by atoms with van der Waals surface area (Å²) < 4.78 is 1.17. The van der Waals surface area contributed by atoms with Crippen LogP contribution >= 0.6 is 50.2 Å². The number of thiophene rings is 2. The molecule has 5 heteroatoms. The molecular weight excluding hydrogens is 338 g/mol. The monoisotopic (exact) mass is 349 g/mol. The van der Waals surface area contributed by atoms with Gasteiger partial charge < -0.3 is 5.32 Å². The van der Waals surface area contributed by atoms with Crippen LogP contribution in [0.5, 0.6) is 0 Å². The summed E-state index contributed by atoms with van der Waals surface area (Å²) in [6.45, 7) is 5.16. The Morgan fingerprint density at radius 3 is 2.76 bits per heavy atom. The molecule has 0 amide bonds. The maximum absolute atomic E-state index is 6.23. The third-order valence-corrected chi connectivity index (χ3v) is 6.10. The fraction of sp³-hybridized carbons (Fsp3) is 0.333. The van der Waals surface area contributed by atoms with Crippen molar-refractivity contribution < 1.29 is 0 Å². The number of hydrogen-bond donors (Lipinski definition) is 1. The predicted molar refractivity (Wildman–Crippen MR) is 81.6 cm³/mol. The fourth-order valence-electron chi connectivity index (χ4n) is 1.66. The maximum atomic E-state index is 6.23. The van der Waals surface area contributed by atoms with Gasteiger partial charge in [-0.05, 0) is 46.9 Å². The van der Waals surface area contributed by atoms with E-state index in [1.54, 1.807) is 11.3 Å². The SMILES string of the molecule is CCNC(c1cc(Br)c(C)s1)c1sccc1Cl. The average Bonchev–Trinajstić information content (AvgIpc) is 2.83. The third-order valence-electron chi connectivity index (χ3n) is 2.48. The lowest BCUT2D eigenvalue weighted by Crippen LogP contribution is -2.20. The van der Waals surface area contributed by atoms with Crippen LogP contribution in [-0.2, 0) is 0 Å². The zero-order valence-corrected chi connectivity index (χ0v) is 13.6. The second-order valence-corrected chi connectivity index (χ2v) is 7.17. The summed E-state index contributed by atoms with van der Waals surface area (Å²) >= 11 is 13.3. The summed E-state index contributed by atoms with van der Waals surface area (Å²) in [7, 11) is 0. The van der Waals surface area contributed by atoms with Gasteiger partial charge >= 0.3 is 0 Å². The molecule has 2 rings (SSSR count). The van der Waals surface area contributed by atoms with Crippen molar-refractivity contribution in [2.45, 2.75) is 19.9 Å². The lowest BCUT2D eigenvalue weighted by molar-refractivity contribution is 0.649. The molecule has 0 spiro atoms. The predicted octanol–water partition coefficient (Wildman–Crippen LogP) is 5.23. The smallest absolute Gasteiger partial charge is 0.0780 e. The molecule has 0 saturated carbocycles. The Kier molecular flexibility index (Phi) is 4.66. The highest BCUT2D eigenvalue weighted by atomic mass is 79.9. The molecule has 1 atom stereocenters. The van der Waals surface area contributed by atoms with E-state index < -0.39 is 0 Å². The zero-order chi connectivity index (χ0) is 12.4. The minimum absolute atomic E-state index is 0.211. The van der Waals surface area contributed by atoms with Crippen LogP contribution in [0.25, 0.3) is 0 Å². The van der Waals surface area contributed by atoms with E-state index in [9.17, 15) is 0 Å². The standard InChI is InChI=1S/C12H13BrClNS2/c1-3-15-11(12-9(14)4-5-16-12)10-6-8(13)7(2)17-10/h4-6,11,15H,3H2,1-2H3. The van der Waals surface area contributed by atoms with Crippen molar-refractivity contribution in [3.8, 4) is 0 Å². The Morgan fingerprint density at radius 2 is 2.29 bits per heavy atom. The first-order valence-corrected chi connectivity index (χ1v) is 8.22. The van der Waals surface area contributed by atoms with E-state index in [4.69, 9.17) is 11.6 Å². The van der Waals surface area contributed by atoms with E-state index in [2.05, 4.69) is 41.2 Å². The van der Waals surface area contributed by atoms with Gasteiger partial charge in [0.15, 0.2) is 0 Å². The van der Waals surface area contributed by atoms with Gasteiger partial charge in [-0.25, -0.2) is 0 Å². The van der Waals surface area contributed by atoms with Gasteiger partial charge in [0.1, 0.15) is 0 Å². The molecule has 2 aromatic rings. The van der Waals surface area contributed by atoms with E-state index in [1.807, 2.05) is 22.8 Å². The molecule has 17 heavy (non-hydrogen) atoms. The van der Waals surface area contributed by atoms with Crippen molar-refractivity contribution in [2.75, 3.05) is 6.54 Å². The highest BCUT2D eigenvalue weighted by molar-refractivity contribution is 9.10. The van der Waals surface area contributed by atoms with E-state index >= 15 is 0 Å². The summed E-state index contributed by atoms with van der Waals surface area (Å²) in [5, 5.41) is 6.39. The molecule has 0 radical (unpaired) electrons.